The Labute approximate surface area is 148 Å². The molecule has 0 unspecified atom stereocenters. The minimum Gasteiger partial charge on any atom is -0.460 e. The van der Waals surface area contributed by atoms with Crippen molar-refractivity contribution in [3.05, 3.63) is 58.4 Å². The van der Waals surface area contributed by atoms with Crippen LogP contribution in [0.4, 0.5) is 0 Å². The van der Waals surface area contributed by atoms with Crippen LogP contribution in [-0.2, 0) is 11.8 Å². The van der Waals surface area contributed by atoms with E-state index in [9.17, 15) is 9.59 Å². The number of benzene rings is 2. The molecule has 2 aromatic carbocycles. The molecule has 2 aromatic heterocycles. The Morgan fingerprint density at radius 2 is 1.96 bits per heavy atom. The number of imidazole rings is 1. The molecular formula is C20H16N2O4. The van der Waals surface area contributed by atoms with Gasteiger partial charge < -0.3 is 13.7 Å². The average molecular weight is 348 g/mol. The van der Waals surface area contributed by atoms with Crippen LogP contribution >= 0.6 is 0 Å². The molecule has 0 fully saturated rings. The Kier molecular flexibility index (Phi) is 3.61. The lowest BCUT2D eigenvalue weighted by Gasteiger charge is -2.08. The maximum Gasteiger partial charge on any atom is 0.308 e. The molecule has 0 saturated carbocycles. The minimum atomic E-state index is -0.431. The molecule has 0 aliphatic heterocycles. The van der Waals surface area contributed by atoms with Crippen LogP contribution in [0.3, 0.4) is 0 Å². The number of carbonyl (C=O) groups excluding carboxylic acids is 1. The molecular weight excluding hydrogens is 332 g/mol. The van der Waals surface area contributed by atoms with Crippen LogP contribution < -0.4 is 10.2 Å². The van der Waals surface area contributed by atoms with Crippen molar-refractivity contribution in [3.63, 3.8) is 0 Å². The van der Waals surface area contributed by atoms with Gasteiger partial charge in [-0.2, -0.15) is 0 Å². The van der Waals surface area contributed by atoms with Crippen LogP contribution in [0.25, 0.3) is 33.4 Å². The molecule has 26 heavy (non-hydrogen) atoms. The molecule has 6 heteroatoms. The Hall–Kier alpha value is -3.41. The fourth-order valence-corrected chi connectivity index (χ4v) is 3.14. The Morgan fingerprint density at radius 1 is 1.19 bits per heavy atom. The lowest BCUT2D eigenvalue weighted by Crippen LogP contribution is -2.11. The molecule has 0 spiro atoms. The Morgan fingerprint density at radius 3 is 2.69 bits per heavy atom. The van der Waals surface area contributed by atoms with Crippen molar-refractivity contribution in [1.82, 2.24) is 9.55 Å². The smallest absolute Gasteiger partial charge is 0.308 e. The molecule has 0 radical (unpaired) electrons. The monoisotopic (exact) mass is 348 g/mol. The van der Waals surface area contributed by atoms with Gasteiger partial charge in [-0.15, -0.1) is 0 Å². The number of aromatic nitrogens is 2. The molecule has 0 saturated heterocycles. The number of nitrogens with zero attached hydrogens (tertiary/aromatic N) is 2. The lowest BCUT2D eigenvalue weighted by atomic mass is 10.1. The van der Waals surface area contributed by atoms with Crippen LogP contribution in [-0.4, -0.2) is 15.5 Å². The summed E-state index contributed by atoms with van der Waals surface area (Å²) in [6.45, 7) is 3.05. The zero-order valence-corrected chi connectivity index (χ0v) is 14.6. The van der Waals surface area contributed by atoms with Gasteiger partial charge in [0.25, 0.3) is 0 Å². The van der Waals surface area contributed by atoms with Crippen LogP contribution in [0, 0.1) is 6.92 Å². The van der Waals surface area contributed by atoms with E-state index in [1.807, 2.05) is 35.9 Å². The summed E-state index contributed by atoms with van der Waals surface area (Å²) < 4.78 is 12.8. The summed E-state index contributed by atoms with van der Waals surface area (Å²) >= 11 is 0. The normalized spacial score (nSPS) is 11.2. The van der Waals surface area contributed by atoms with Crippen molar-refractivity contribution in [2.24, 2.45) is 7.05 Å². The van der Waals surface area contributed by atoms with Crippen LogP contribution in [0.5, 0.6) is 5.75 Å². The van der Waals surface area contributed by atoms with Gasteiger partial charge in [-0.1, -0.05) is 12.1 Å². The second kappa shape index (κ2) is 5.84. The van der Waals surface area contributed by atoms with E-state index >= 15 is 0 Å². The summed E-state index contributed by atoms with van der Waals surface area (Å²) in [6, 6.07) is 12.4. The topological polar surface area (TPSA) is 74.3 Å². The van der Waals surface area contributed by atoms with E-state index < -0.39 is 5.97 Å². The third-order valence-electron chi connectivity index (χ3n) is 4.31. The fraction of sp³-hybridized carbons (Fsp3) is 0.150. The predicted molar refractivity (Wildman–Crippen MR) is 98.2 cm³/mol. The summed E-state index contributed by atoms with van der Waals surface area (Å²) in [5, 5.41) is 0.411. The molecule has 0 aliphatic carbocycles. The molecule has 0 N–H and O–H groups in total. The first-order valence-corrected chi connectivity index (χ1v) is 8.13. The van der Waals surface area contributed by atoms with Gasteiger partial charge in [-0.3, -0.25) is 9.59 Å². The number of esters is 1. The molecule has 130 valence electrons. The summed E-state index contributed by atoms with van der Waals surface area (Å²) in [4.78, 5) is 28.8. The van der Waals surface area contributed by atoms with Crippen molar-refractivity contribution >= 4 is 28.0 Å². The molecule has 4 aromatic rings. The minimum absolute atomic E-state index is 0.170. The molecule has 6 nitrogen and oxygen atoms in total. The maximum atomic E-state index is 13.1. The number of fused-ring (bicyclic) bond motifs is 2. The number of para-hydroxylation sites is 2. The van der Waals surface area contributed by atoms with E-state index in [0.717, 1.165) is 11.0 Å². The van der Waals surface area contributed by atoms with E-state index in [2.05, 4.69) is 4.98 Å². The predicted octanol–water partition coefficient (Wildman–Crippen LogP) is 3.58. The first-order valence-electron chi connectivity index (χ1n) is 8.13. The van der Waals surface area contributed by atoms with Gasteiger partial charge in [-0.25, -0.2) is 4.98 Å². The molecule has 0 amide bonds. The third-order valence-corrected chi connectivity index (χ3v) is 4.31. The second-order valence-corrected chi connectivity index (χ2v) is 6.10. The number of rotatable bonds is 2. The second-order valence-electron chi connectivity index (χ2n) is 6.10. The SMILES string of the molecule is CC(=O)Oc1ccc2c(=O)c(-c3nc4ccccc4n3C)c(C)oc2c1. The van der Waals surface area contributed by atoms with Gasteiger partial charge >= 0.3 is 5.97 Å². The van der Waals surface area contributed by atoms with E-state index in [1.165, 1.54) is 6.92 Å². The highest BCUT2D eigenvalue weighted by atomic mass is 16.5. The number of aryl methyl sites for hydroxylation is 2. The summed E-state index contributed by atoms with van der Waals surface area (Å²) in [6.07, 6.45) is 0. The van der Waals surface area contributed by atoms with Crippen LogP contribution in [0.15, 0.2) is 51.7 Å². The standard InChI is InChI=1S/C20H16N2O4/c1-11-18(20-21-15-6-4-5-7-16(15)22(20)3)19(24)14-9-8-13(26-12(2)23)10-17(14)25-11/h4-10H,1-3H3. The summed E-state index contributed by atoms with van der Waals surface area (Å²) in [7, 11) is 1.87. The molecule has 0 bridgehead atoms. The van der Waals surface area contributed by atoms with E-state index in [1.54, 1.807) is 25.1 Å². The zero-order chi connectivity index (χ0) is 18.4. The van der Waals surface area contributed by atoms with Crippen molar-refractivity contribution in [2.75, 3.05) is 0 Å². The largest absolute Gasteiger partial charge is 0.460 e. The molecule has 0 atom stereocenters. The first-order chi connectivity index (χ1) is 12.5. The zero-order valence-electron chi connectivity index (χ0n) is 14.6. The molecule has 4 rings (SSSR count). The highest BCUT2D eigenvalue weighted by Crippen LogP contribution is 2.28. The third kappa shape index (κ3) is 2.47. The number of carbonyl (C=O) groups is 1. The lowest BCUT2D eigenvalue weighted by molar-refractivity contribution is -0.131. The van der Waals surface area contributed by atoms with Crippen molar-refractivity contribution < 1.29 is 13.9 Å². The van der Waals surface area contributed by atoms with Gasteiger partial charge in [0.1, 0.15) is 28.5 Å². The van der Waals surface area contributed by atoms with E-state index in [4.69, 9.17) is 9.15 Å². The van der Waals surface area contributed by atoms with E-state index in [-0.39, 0.29) is 5.43 Å². The Balaban J connectivity index is 1.97. The number of hydrogen-bond acceptors (Lipinski definition) is 5. The van der Waals surface area contributed by atoms with Crippen molar-refractivity contribution in [1.29, 1.82) is 0 Å². The highest BCUT2D eigenvalue weighted by molar-refractivity contribution is 5.86. The fourth-order valence-electron chi connectivity index (χ4n) is 3.14. The molecule has 2 heterocycles. The maximum absolute atomic E-state index is 13.1. The quantitative estimate of drug-likeness (QED) is 0.409. The molecule has 0 aliphatic rings. The van der Waals surface area contributed by atoms with Gasteiger partial charge in [0.05, 0.1) is 16.4 Å². The average Bonchev–Trinajstić information content (AvgIpc) is 2.91. The number of hydrogen-bond donors (Lipinski definition) is 0. The van der Waals surface area contributed by atoms with Gasteiger partial charge in [0, 0.05) is 20.0 Å². The van der Waals surface area contributed by atoms with Crippen LogP contribution in [0.2, 0.25) is 0 Å². The van der Waals surface area contributed by atoms with Gasteiger partial charge in [0.15, 0.2) is 0 Å². The number of ether oxygens (including phenoxy) is 1. The van der Waals surface area contributed by atoms with Crippen LogP contribution in [0.1, 0.15) is 12.7 Å². The van der Waals surface area contributed by atoms with Crippen molar-refractivity contribution in [2.45, 2.75) is 13.8 Å². The van der Waals surface area contributed by atoms with Gasteiger partial charge in [-0.05, 0) is 31.2 Å². The highest BCUT2D eigenvalue weighted by Gasteiger charge is 2.19. The van der Waals surface area contributed by atoms with Crippen molar-refractivity contribution in [3.8, 4) is 17.1 Å². The first kappa shape index (κ1) is 16.1. The van der Waals surface area contributed by atoms with E-state index in [0.29, 0.717) is 33.9 Å². The van der Waals surface area contributed by atoms with Gasteiger partial charge in [0.2, 0.25) is 5.43 Å². The Bertz CT molecular complexity index is 1230. The summed E-state index contributed by atoms with van der Waals surface area (Å²) in [5.41, 5.74) is 2.38. The summed E-state index contributed by atoms with van der Waals surface area (Å²) in [5.74, 6) is 0.923.